The van der Waals surface area contributed by atoms with Crippen LogP contribution < -0.4 is 5.32 Å². The molecule has 0 rings (SSSR count). The van der Waals surface area contributed by atoms with Crippen LogP contribution in [-0.4, -0.2) is 18.9 Å². The highest BCUT2D eigenvalue weighted by molar-refractivity contribution is 5.81. The molecule has 0 heterocycles. The second-order valence-electron chi connectivity index (χ2n) is 5.93. The molecule has 0 spiro atoms. The van der Waals surface area contributed by atoms with Gasteiger partial charge < -0.3 is 5.32 Å². The summed E-state index contributed by atoms with van der Waals surface area (Å²) in [6, 6.07) is -0.000385. The first-order valence-electron chi connectivity index (χ1n) is 8.36. The van der Waals surface area contributed by atoms with Crippen LogP contribution in [0.25, 0.3) is 0 Å². The van der Waals surface area contributed by atoms with Crippen LogP contribution in [-0.2, 0) is 4.79 Å². The number of hydrogen-bond donors (Lipinski definition) is 1. The normalized spacial score (nSPS) is 13.3. The average Bonchev–Trinajstić information content (AvgIpc) is 2.44. The number of rotatable bonds is 8. The minimum absolute atomic E-state index is 0.000385. The fraction of sp³-hybridized carbons (Fsp3) is 0.650. The Bertz CT molecular complexity index is 289. The third-order valence-corrected chi connectivity index (χ3v) is 2.73. The fourth-order valence-electron chi connectivity index (χ4n) is 1.80. The number of likely N-dealkylation sites (N-methyl/N-ethyl adjacent to an activating group) is 1. The van der Waals surface area contributed by atoms with Crippen molar-refractivity contribution >= 4 is 5.78 Å². The molecule has 0 fully saturated rings. The van der Waals surface area contributed by atoms with E-state index in [0.717, 1.165) is 25.2 Å². The first-order chi connectivity index (χ1) is 10.4. The van der Waals surface area contributed by atoms with Crippen LogP contribution in [0.3, 0.4) is 0 Å². The van der Waals surface area contributed by atoms with E-state index >= 15 is 0 Å². The molecule has 0 aromatic carbocycles. The summed E-state index contributed by atoms with van der Waals surface area (Å²) in [5, 5.41) is 3.07. The Morgan fingerprint density at radius 2 is 1.55 bits per heavy atom. The van der Waals surface area contributed by atoms with Crippen LogP contribution in [0.4, 0.5) is 0 Å². The van der Waals surface area contributed by atoms with Crippen molar-refractivity contribution in [3.63, 3.8) is 0 Å². The Morgan fingerprint density at radius 1 is 1.09 bits per heavy atom. The summed E-state index contributed by atoms with van der Waals surface area (Å²) in [4.78, 5) is 11.3. The molecular weight excluding hydrogens is 270 g/mol. The van der Waals surface area contributed by atoms with Crippen LogP contribution in [0.2, 0.25) is 0 Å². The number of hydrogen-bond acceptors (Lipinski definition) is 2. The van der Waals surface area contributed by atoms with Crippen LogP contribution in [0.5, 0.6) is 0 Å². The van der Waals surface area contributed by atoms with Gasteiger partial charge in [-0.2, -0.15) is 0 Å². The molecule has 2 atom stereocenters. The van der Waals surface area contributed by atoms with Crippen LogP contribution in [0.15, 0.2) is 37.5 Å². The summed E-state index contributed by atoms with van der Waals surface area (Å²) in [7, 11) is 1.85. The van der Waals surface area contributed by atoms with Gasteiger partial charge in [0.25, 0.3) is 0 Å². The van der Waals surface area contributed by atoms with Crippen LogP contribution in [0.1, 0.15) is 60.8 Å². The first kappa shape index (κ1) is 25.8. The average molecular weight is 310 g/mol. The smallest absolute Gasteiger partial charge is 0.146 e. The quantitative estimate of drug-likeness (QED) is 0.469. The predicted octanol–water partition coefficient (Wildman–Crippen LogP) is 5.57. The molecule has 22 heavy (non-hydrogen) atoms. The zero-order valence-corrected chi connectivity index (χ0v) is 16.0. The SMILES string of the molecule is C=C.CC(C)C.CC/C=C\C=C/CCC(C)C(NC)C(C)=O. The topological polar surface area (TPSA) is 29.1 Å². The van der Waals surface area contributed by atoms with Gasteiger partial charge in [-0.15, -0.1) is 13.2 Å². The molecule has 0 aromatic rings. The fourth-order valence-corrected chi connectivity index (χ4v) is 1.80. The van der Waals surface area contributed by atoms with Crippen molar-refractivity contribution in [1.29, 1.82) is 0 Å². The maximum Gasteiger partial charge on any atom is 0.146 e. The second-order valence-corrected chi connectivity index (χ2v) is 5.93. The van der Waals surface area contributed by atoms with E-state index in [-0.39, 0.29) is 11.8 Å². The number of carbonyl (C=O) groups excluding carboxylic acids is 1. The third kappa shape index (κ3) is 21.2. The Labute approximate surface area is 139 Å². The molecule has 0 radical (unpaired) electrons. The van der Waals surface area contributed by atoms with Crippen molar-refractivity contribution < 1.29 is 4.79 Å². The van der Waals surface area contributed by atoms with Gasteiger partial charge in [0.2, 0.25) is 0 Å². The van der Waals surface area contributed by atoms with E-state index in [4.69, 9.17) is 0 Å². The minimum Gasteiger partial charge on any atom is -0.310 e. The summed E-state index contributed by atoms with van der Waals surface area (Å²) in [6.07, 6.45) is 11.6. The van der Waals surface area contributed by atoms with E-state index in [0.29, 0.717) is 5.92 Å². The van der Waals surface area contributed by atoms with Crippen LogP contribution >= 0.6 is 0 Å². The lowest BCUT2D eigenvalue weighted by Gasteiger charge is -2.20. The molecule has 0 amide bonds. The maximum absolute atomic E-state index is 11.3. The standard InChI is InChI=1S/C14H25NO.C4H10.C2H4/c1-5-6-7-8-9-10-11-12(2)14(15-4)13(3)16;1-4(2)3;1-2/h6-9,12,14-15H,5,10-11H2,1-4H3;4H,1-3H3;1-2H2/b7-6-,9-8-;;. The third-order valence-electron chi connectivity index (χ3n) is 2.73. The zero-order valence-electron chi connectivity index (χ0n) is 16.0. The molecule has 2 nitrogen and oxygen atoms in total. The molecule has 2 unspecified atom stereocenters. The predicted molar refractivity (Wildman–Crippen MR) is 102 cm³/mol. The number of allylic oxidation sites excluding steroid dienone is 4. The summed E-state index contributed by atoms with van der Waals surface area (Å²) < 4.78 is 0. The summed E-state index contributed by atoms with van der Waals surface area (Å²) >= 11 is 0. The largest absolute Gasteiger partial charge is 0.310 e. The molecular formula is C20H39NO. The van der Waals surface area contributed by atoms with Crippen molar-refractivity contribution in [1.82, 2.24) is 5.32 Å². The van der Waals surface area contributed by atoms with E-state index in [9.17, 15) is 4.79 Å². The van der Waals surface area contributed by atoms with Gasteiger partial charge in [-0.1, -0.05) is 58.9 Å². The maximum atomic E-state index is 11.3. The van der Waals surface area contributed by atoms with Gasteiger partial charge in [0, 0.05) is 0 Å². The lowest BCUT2D eigenvalue weighted by molar-refractivity contribution is -0.120. The highest BCUT2D eigenvalue weighted by Crippen LogP contribution is 2.12. The summed E-state index contributed by atoms with van der Waals surface area (Å²) in [5.41, 5.74) is 0. The molecule has 0 saturated carbocycles. The lowest BCUT2D eigenvalue weighted by atomic mass is 9.94. The van der Waals surface area contributed by atoms with Gasteiger partial charge >= 0.3 is 0 Å². The van der Waals surface area contributed by atoms with Gasteiger partial charge in [-0.3, -0.25) is 4.79 Å². The molecule has 2 heteroatoms. The van der Waals surface area contributed by atoms with E-state index in [1.54, 1.807) is 6.92 Å². The molecule has 0 aromatic heterocycles. The Kier molecular flexibility index (Phi) is 23.3. The number of ketones is 1. The number of Topliss-reactive ketones (excluding diaryl/α,β-unsaturated/α-hetero) is 1. The number of nitrogens with one attached hydrogen (secondary N) is 1. The monoisotopic (exact) mass is 309 g/mol. The van der Waals surface area contributed by atoms with E-state index in [1.807, 2.05) is 7.05 Å². The molecule has 0 saturated heterocycles. The van der Waals surface area contributed by atoms with Gasteiger partial charge in [0.05, 0.1) is 6.04 Å². The van der Waals surface area contributed by atoms with E-state index < -0.39 is 0 Å². The zero-order chi connectivity index (χ0) is 18.0. The second kappa shape index (κ2) is 19.9. The van der Waals surface area contributed by atoms with Gasteiger partial charge in [0.1, 0.15) is 5.78 Å². The lowest BCUT2D eigenvalue weighted by Crippen LogP contribution is -2.38. The molecule has 0 aliphatic heterocycles. The summed E-state index contributed by atoms with van der Waals surface area (Å²) in [5.74, 6) is 1.45. The Morgan fingerprint density at radius 3 is 1.91 bits per heavy atom. The van der Waals surface area contributed by atoms with Crippen molar-refractivity contribution in [2.45, 2.75) is 66.8 Å². The molecule has 1 N–H and O–H groups in total. The minimum atomic E-state index is -0.000385. The molecule has 0 aliphatic rings. The highest BCUT2D eigenvalue weighted by Gasteiger charge is 2.18. The van der Waals surface area contributed by atoms with Crippen molar-refractivity contribution in [3.05, 3.63) is 37.5 Å². The van der Waals surface area contributed by atoms with Crippen molar-refractivity contribution in [2.75, 3.05) is 7.05 Å². The Balaban J connectivity index is -0.000000516. The van der Waals surface area contributed by atoms with Crippen LogP contribution in [0, 0.1) is 11.8 Å². The van der Waals surface area contributed by atoms with Gasteiger partial charge in [0.15, 0.2) is 0 Å². The van der Waals surface area contributed by atoms with Gasteiger partial charge in [-0.25, -0.2) is 0 Å². The molecule has 0 bridgehead atoms. The summed E-state index contributed by atoms with van der Waals surface area (Å²) in [6.45, 7) is 18.4. The van der Waals surface area contributed by atoms with E-state index in [1.165, 1.54) is 0 Å². The molecule has 130 valence electrons. The van der Waals surface area contributed by atoms with Crippen molar-refractivity contribution in [3.8, 4) is 0 Å². The van der Waals surface area contributed by atoms with Crippen molar-refractivity contribution in [2.24, 2.45) is 11.8 Å². The highest BCUT2D eigenvalue weighted by atomic mass is 16.1. The van der Waals surface area contributed by atoms with E-state index in [2.05, 4.69) is 77.4 Å². The molecule has 0 aliphatic carbocycles. The number of carbonyl (C=O) groups is 1. The van der Waals surface area contributed by atoms with Gasteiger partial charge in [-0.05, 0) is 45.1 Å². The first-order valence-corrected chi connectivity index (χ1v) is 8.36. The Hall–Kier alpha value is -1.15.